The minimum absolute atomic E-state index is 0.167. The Balaban J connectivity index is 1.66. The zero-order valence-corrected chi connectivity index (χ0v) is 15.5. The van der Waals surface area contributed by atoms with E-state index in [2.05, 4.69) is 10.1 Å². The Morgan fingerprint density at radius 2 is 1.62 bits per heavy atom. The van der Waals surface area contributed by atoms with Crippen molar-refractivity contribution in [3.8, 4) is 0 Å². The monoisotopic (exact) mass is 386 g/mol. The number of aromatic carboxylic acids is 1. The number of amides is 1. The number of benzene rings is 2. The molecule has 4 aromatic rings. The van der Waals surface area contributed by atoms with E-state index in [-0.39, 0.29) is 11.5 Å². The predicted octanol–water partition coefficient (Wildman–Crippen LogP) is 3.27. The normalized spacial score (nSPS) is 10.8. The van der Waals surface area contributed by atoms with E-state index in [0.717, 1.165) is 11.1 Å². The smallest absolute Gasteiger partial charge is 0.335 e. The molecule has 0 aliphatic rings. The summed E-state index contributed by atoms with van der Waals surface area (Å²) in [4.78, 5) is 30.3. The lowest BCUT2D eigenvalue weighted by atomic mass is 10.1. The van der Waals surface area contributed by atoms with Crippen molar-refractivity contribution in [3.05, 3.63) is 102 Å². The molecule has 7 nitrogen and oxygen atoms in total. The molecule has 2 aromatic carbocycles. The van der Waals surface area contributed by atoms with Gasteiger partial charge < -0.3 is 10.0 Å². The highest BCUT2D eigenvalue weighted by Crippen LogP contribution is 2.18. The van der Waals surface area contributed by atoms with Gasteiger partial charge in [0.2, 0.25) is 0 Å². The van der Waals surface area contributed by atoms with E-state index in [9.17, 15) is 9.59 Å². The number of carbonyl (C=O) groups excluding carboxylic acids is 1. The van der Waals surface area contributed by atoms with Crippen LogP contribution in [0.2, 0.25) is 0 Å². The van der Waals surface area contributed by atoms with E-state index >= 15 is 0 Å². The molecule has 29 heavy (non-hydrogen) atoms. The largest absolute Gasteiger partial charge is 0.478 e. The van der Waals surface area contributed by atoms with Crippen LogP contribution in [0, 0.1) is 0 Å². The van der Waals surface area contributed by atoms with Gasteiger partial charge in [0.1, 0.15) is 0 Å². The van der Waals surface area contributed by atoms with Crippen LogP contribution in [0.1, 0.15) is 31.8 Å². The van der Waals surface area contributed by atoms with Crippen molar-refractivity contribution >= 4 is 17.4 Å². The first-order valence-corrected chi connectivity index (χ1v) is 9.04. The van der Waals surface area contributed by atoms with Crippen LogP contribution >= 0.6 is 0 Å². The lowest BCUT2D eigenvalue weighted by molar-refractivity contribution is 0.0693. The van der Waals surface area contributed by atoms with Gasteiger partial charge in [0.25, 0.3) is 5.91 Å². The third-order valence-corrected chi connectivity index (χ3v) is 4.63. The molecule has 0 aliphatic carbocycles. The second-order valence-electron chi connectivity index (χ2n) is 6.61. The molecular weight excluding hydrogens is 368 g/mol. The predicted molar refractivity (Wildman–Crippen MR) is 106 cm³/mol. The average Bonchev–Trinajstić information content (AvgIpc) is 3.18. The molecule has 2 heterocycles. The summed E-state index contributed by atoms with van der Waals surface area (Å²) in [5, 5.41) is 13.3. The number of hydrogen-bond donors (Lipinski definition) is 1. The Bertz CT molecular complexity index is 1150. The third kappa shape index (κ3) is 3.98. The minimum Gasteiger partial charge on any atom is -0.478 e. The van der Waals surface area contributed by atoms with Gasteiger partial charge in [-0.2, -0.15) is 5.10 Å². The Labute approximate surface area is 166 Å². The number of aromatic nitrogens is 3. The Morgan fingerprint density at radius 3 is 2.31 bits per heavy atom. The number of hydrogen-bond acceptors (Lipinski definition) is 4. The summed E-state index contributed by atoms with van der Waals surface area (Å²) >= 11 is 0. The number of nitrogens with zero attached hydrogens (tertiary/aromatic N) is 4. The highest BCUT2D eigenvalue weighted by Gasteiger charge is 2.21. The van der Waals surface area contributed by atoms with Crippen molar-refractivity contribution in [1.29, 1.82) is 0 Å². The van der Waals surface area contributed by atoms with Crippen LogP contribution in [0.3, 0.4) is 0 Å². The van der Waals surface area contributed by atoms with E-state index in [0.29, 0.717) is 24.2 Å². The fourth-order valence-corrected chi connectivity index (χ4v) is 3.15. The van der Waals surface area contributed by atoms with E-state index in [4.69, 9.17) is 5.11 Å². The van der Waals surface area contributed by atoms with E-state index in [1.165, 1.54) is 0 Å². The molecular formula is C22H18N4O3. The van der Waals surface area contributed by atoms with E-state index < -0.39 is 5.97 Å². The van der Waals surface area contributed by atoms with Crippen LogP contribution in [-0.4, -0.2) is 36.5 Å². The molecule has 0 radical (unpaired) electrons. The van der Waals surface area contributed by atoms with Gasteiger partial charge in [0.05, 0.1) is 29.0 Å². The first kappa shape index (κ1) is 18.4. The number of rotatable bonds is 6. The average molecular weight is 386 g/mol. The highest BCUT2D eigenvalue weighted by atomic mass is 16.4. The molecule has 7 heteroatoms. The number of carboxylic acid groups (broad SMARTS) is 1. The van der Waals surface area contributed by atoms with Gasteiger partial charge in [-0.25, -0.2) is 9.31 Å². The fraction of sp³-hybridized carbons (Fsp3) is 0.0909. The van der Waals surface area contributed by atoms with Crippen LogP contribution < -0.4 is 0 Å². The number of carbonyl (C=O) groups is 2. The van der Waals surface area contributed by atoms with Crippen molar-refractivity contribution in [3.63, 3.8) is 0 Å². The van der Waals surface area contributed by atoms with Gasteiger partial charge in [0, 0.05) is 25.5 Å². The second-order valence-corrected chi connectivity index (χ2v) is 6.61. The molecule has 0 saturated carbocycles. The topological polar surface area (TPSA) is 87.8 Å². The molecule has 0 bridgehead atoms. The van der Waals surface area contributed by atoms with Gasteiger partial charge in [0.15, 0.2) is 0 Å². The first-order chi connectivity index (χ1) is 14.1. The summed E-state index contributed by atoms with van der Waals surface area (Å²) in [7, 11) is 0. The SMILES string of the molecule is O=C(O)c1ccc(CN(Cc2ccccc2)C(=O)c2cnn3ccncc23)cc1. The zero-order chi connectivity index (χ0) is 20.2. The fourth-order valence-electron chi connectivity index (χ4n) is 3.15. The maximum absolute atomic E-state index is 13.4. The summed E-state index contributed by atoms with van der Waals surface area (Å²) in [5.74, 6) is -1.15. The molecule has 2 aromatic heterocycles. The van der Waals surface area contributed by atoms with Gasteiger partial charge in [-0.05, 0) is 23.3 Å². The summed E-state index contributed by atoms with van der Waals surface area (Å²) in [5.41, 5.74) is 3.16. The lowest BCUT2D eigenvalue weighted by Crippen LogP contribution is -2.30. The maximum atomic E-state index is 13.4. The number of carboxylic acids is 1. The molecule has 0 saturated heterocycles. The van der Waals surface area contributed by atoms with Gasteiger partial charge in [-0.1, -0.05) is 42.5 Å². The standard InChI is InChI=1S/C22H18N4O3/c27-21(19-12-24-26-11-10-23-13-20(19)26)25(14-16-4-2-1-3-5-16)15-17-6-8-18(9-7-17)22(28)29/h1-13H,14-15H2,(H,28,29). The highest BCUT2D eigenvalue weighted by molar-refractivity contribution is 6.00. The first-order valence-electron chi connectivity index (χ1n) is 9.04. The third-order valence-electron chi connectivity index (χ3n) is 4.63. The van der Waals surface area contributed by atoms with Crippen LogP contribution in [-0.2, 0) is 13.1 Å². The molecule has 4 rings (SSSR count). The Morgan fingerprint density at radius 1 is 0.931 bits per heavy atom. The molecule has 0 spiro atoms. The Kier molecular flexibility index (Phi) is 5.03. The van der Waals surface area contributed by atoms with Gasteiger partial charge in [-0.15, -0.1) is 0 Å². The molecule has 1 amide bonds. The summed E-state index contributed by atoms with van der Waals surface area (Å²) in [6, 6.07) is 16.3. The van der Waals surface area contributed by atoms with E-state index in [1.807, 2.05) is 30.3 Å². The quantitative estimate of drug-likeness (QED) is 0.549. The minimum atomic E-state index is -0.979. The summed E-state index contributed by atoms with van der Waals surface area (Å²) in [6.45, 7) is 0.753. The summed E-state index contributed by atoms with van der Waals surface area (Å²) < 4.78 is 1.61. The van der Waals surface area contributed by atoms with Crippen LogP contribution in [0.5, 0.6) is 0 Å². The van der Waals surface area contributed by atoms with Crippen LogP contribution in [0.25, 0.3) is 5.52 Å². The van der Waals surface area contributed by atoms with Crippen molar-refractivity contribution in [2.75, 3.05) is 0 Å². The van der Waals surface area contributed by atoms with Crippen molar-refractivity contribution in [2.45, 2.75) is 13.1 Å². The zero-order valence-electron chi connectivity index (χ0n) is 15.5. The van der Waals surface area contributed by atoms with Crippen molar-refractivity contribution < 1.29 is 14.7 Å². The maximum Gasteiger partial charge on any atom is 0.335 e. The molecule has 1 N–H and O–H groups in total. The molecule has 0 atom stereocenters. The van der Waals surface area contributed by atoms with Gasteiger partial charge in [-0.3, -0.25) is 9.78 Å². The van der Waals surface area contributed by atoms with Crippen LogP contribution in [0.4, 0.5) is 0 Å². The second kappa shape index (κ2) is 7.93. The molecule has 0 fully saturated rings. The lowest BCUT2D eigenvalue weighted by Gasteiger charge is -2.23. The van der Waals surface area contributed by atoms with E-state index in [1.54, 1.807) is 58.5 Å². The molecule has 0 aliphatic heterocycles. The van der Waals surface area contributed by atoms with Crippen molar-refractivity contribution in [2.24, 2.45) is 0 Å². The summed E-state index contributed by atoms with van der Waals surface area (Å²) in [6.07, 6.45) is 6.46. The van der Waals surface area contributed by atoms with Gasteiger partial charge >= 0.3 is 5.97 Å². The van der Waals surface area contributed by atoms with Crippen molar-refractivity contribution in [1.82, 2.24) is 19.5 Å². The Hall–Kier alpha value is -4.00. The van der Waals surface area contributed by atoms with Crippen LogP contribution in [0.15, 0.2) is 79.4 Å². The number of fused-ring (bicyclic) bond motifs is 1. The molecule has 144 valence electrons. The molecule has 0 unspecified atom stereocenters.